The number of anilines is 1. The van der Waals surface area contributed by atoms with Crippen molar-refractivity contribution in [2.24, 2.45) is 0 Å². The molecule has 0 unspecified atom stereocenters. The molecule has 1 N–H and O–H groups in total. The van der Waals surface area contributed by atoms with Gasteiger partial charge < -0.3 is 14.8 Å². The van der Waals surface area contributed by atoms with Gasteiger partial charge in [0.2, 0.25) is 0 Å². The molecular weight excluding hydrogens is 388 g/mol. The average Bonchev–Trinajstić information content (AvgIpc) is 2.62. The van der Waals surface area contributed by atoms with Gasteiger partial charge in [-0.1, -0.05) is 6.07 Å². The van der Waals surface area contributed by atoms with Gasteiger partial charge in [0.15, 0.2) is 6.10 Å². The van der Waals surface area contributed by atoms with Crippen LogP contribution in [0.4, 0.5) is 5.69 Å². The Balaban J connectivity index is 2.05. The van der Waals surface area contributed by atoms with Crippen LogP contribution in [0.5, 0.6) is 5.75 Å². The molecule has 0 aromatic heterocycles. The van der Waals surface area contributed by atoms with E-state index in [1.165, 1.54) is 26.2 Å². The second-order valence-electron chi connectivity index (χ2n) is 5.08. The van der Waals surface area contributed by atoms with Gasteiger partial charge in [-0.25, -0.2) is 4.79 Å². The zero-order valence-corrected chi connectivity index (χ0v) is 15.2. The molecule has 128 valence electrons. The third-order valence-corrected chi connectivity index (χ3v) is 4.00. The molecule has 0 saturated heterocycles. The monoisotopic (exact) mass is 402 g/mol. The van der Waals surface area contributed by atoms with E-state index in [2.05, 4.69) is 21.2 Å². The molecular formula is C18H15BrN2O4. The number of methoxy groups -OCH3 is 1. The number of ether oxygens (including phenoxy) is 2. The fraction of sp³-hybridized carbons (Fsp3) is 0.167. The van der Waals surface area contributed by atoms with Gasteiger partial charge in [0.1, 0.15) is 5.75 Å². The van der Waals surface area contributed by atoms with Gasteiger partial charge in [0, 0.05) is 10.2 Å². The zero-order valence-electron chi connectivity index (χ0n) is 13.6. The SMILES string of the molecule is COc1ccc(Br)c(C(=O)O[C@H](C)C(=O)Nc2cccc(C#N)c2)c1. The normalized spacial score (nSPS) is 11.1. The van der Waals surface area contributed by atoms with Gasteiger partial charge in [-0.3, -0.25) is 4.79 Å². The molecule has 2 aromatic rings. The summed E-state index contributed by atoms with van der Waals surface area (Å²) in [4.78, 5) is 24.4. The third kappa shape index (κ3) is 4.81. The van der Waals surface area contributed by atoms with Gasteiger partial charge in [-0.15, -0.1) is 0 Å². The quantitative estimate of drug-likeness (QED) is 0.772. The first-order chi connectivity index (χ1) is 11.9. The van der Waals surface area contributed by atoms with E-state index in [-0.39, 0.29) is 5.56 Å². The van der Waals surface area contributed by atoms with Crippen molar-refractivity contribution < 1.29 is 19.1 Å². The van der Waals surface area contributed by atoms with Crippen molar-refractivity contribution >= 4 is 33.5 Å². The Labute approximate surface area is 153 Å². The van der Waals surface area contributed by atoms with Crippen LogP contribution in [-0.4, -0.2) is 25.1 Å². The molecule has 0 aliphatic heterocycles. The van der Waals surface area contributed by atoms with Crippen molar-refractivity contribution in [1.29, 1.82) is 5.26 Å². The molecule has 7 heteroatoms. The Morgan fingerprint density at radius 1 is 1.24 bits per heavy atom. The standard InChI is InChI=1S/C18H15BrN2O4/c1-11(17(22)21-13-5-3-4-12(8-13)10-20)25-18(23)15-9-14(24-2)6-7-16(15)19/h3-9,11H,1-2H3,(H,21,22)/t11-/m1/s1. The summed E-state index contributed by atoms with van der Waals surface area (Å²) in [5, 5.41) is 11.5. The lowest BCUT2D eigenvalue weighted by molar-refractivity contribution is -0.123. The molecule has 0 bridgehead atoms. The number of nitrogens with one attached hydrogen (secondary N) is 1. The minimum Gasteiger partial charge on any atom is -0.497 e. The summed E-state index contributed by atoms with van der Waals surface area (Å²) in [6, 6.07) is 13.3. The van der Waals surface area contributed by atoms with E-state index in [0.29, 0.717) is 21.5 Å². The van der Waals surface area contributed by atoms with Crippen LogP contribution < -0.4 is 10.1 Å². The van der Waals surface area contributed by atoms with Gasteiger partial charge >= 0.3 is 5.97 Å². The molecule has 0 fully saturated rings. The van der Waals surface area contributed by atoms with Gasteiger partial charge in [-0.05, 0) is 59.3 Å². The van der Waals surface area contributed by atoms with Crippen molar-refractivity contribution in [3.8, 4) is 11.8 Å². The lowest BCUT2D eigenvalue weighted by Gasteiger charge is -2.14. The molecule has 0 saturated carbocycles. The predicted molar refractivity (Wildman–Crippen MR) is 95.4 cm³/mol. The molecule has 0 radical (unpaired) electrons. The minimum atomic E-state index is -1.02. The van der Waals surface area contributed by atoms with Crippen LogP contribution in [0.25, 0.3) is 0 Å². The first-order valence-electron chi connectivity index (χ1n) is 7.30. The van der Waals surface area contributed by atoms with Gasteiger partial charge in [0.05, 0.1) is 24.3 Å². The fourth-order valence-corrected chi connectivity index (χ4v) is 2.38. The number of halogens is 1. The maximum absolute atomic E-state index is 12.3. The second kappa shape index (κ2) is 8.31. The lowest BCUT2D eigenvalue weighted by Crippen LogP contribution is -2.30. The number of amides is 1. The van der Waals surface area contributed by atoms with E-state index in [1.54, 1.807) is 30.3 Å². The topological polar surface area (TPSA) is 88.4 Å². The molecule has 1 atom stereocenters. The van der Waals surface area contributed by atoms with Gasteiger partial charge in [0.25, 0.3) is 5.91 Å². The summed E-state index contributed by atoms with van der Waals surface area (Å²) < 4.78 is 10.8. The lowest BCUT2D eigenvalue weighted by atomic mass is 10.2. The number of hydrogen-bond donors (Lipinski definition) is 1. The molecule has 6 nitrogen and oxygen atoms in total. The van der Waals surface area contributed by atoms with Crippen molar-refractivity contribution in [3.05, 3.63) is 58.1 Å². The molecule has 0 aliphatic rings. The summed E-state index contributed by atoms with van der Waals surface area (Å²) in [6.07, 6.45) is -1.02. The van der Waals surface area contributed by atoms with E-state index in [4.69, 9.17) is 14.7 Å². The number of benzene rings is 2. The van der Waals surface area contributed by atoms with Gasteiger partial charge in [-0.2, -0.15) is 5.26 Å². The zero-order chi connectivity index (χ0) is 18.4. The number of hydrogen-bond acceptors (Lipinski definition) is 5. The smallest absolute Gasteiger partial charge is 0.340 e. The van der Waals surface area contributed by atoms with E-state index >= 15 is 0 Å². The van der Waals surface area contributed by atoms with Crippen LogP contribution in [0.15, 0.2) is 46.9 Å². The minimum absolute atomic E-state index is 0.255. The molecule has 0 aliphatic carbocycles. The molecule has 2 aromatic carbocycles. The predicted octanol–water partition coefficient (Wildman–Crippen LogP) is 3.51. The summed E-state index contributed by atoms with van der Waals surface area (Å²) >= 11 is 3.27. The summed E-state index contributed by atoms with van der Waals surface area (Å²) in [5.41, 5.74) is 1.13. The first-order valence-corrected chi connectivity index (χ1v) is 8.09. The van der Waals surface area contributed by atoms with Crippen molar-refractivity contribution in [3.63, 3.8) is 0 Å². The number of rotatable bonds is 5. The Bertz CT molecular complexity index is 845. The largest absolute Gasteiger partial charge is 0.497 e. The maximum Gasteiger partial charge on any atom is 0.340 e. The Morgan fingerprint density at radius 3 is 2.68 bits per heavy atom. The molecule has 1 amide bonds. The number of esters is 1. The fourth-order valence-electron chi connectivity index (χ4n) is 1.98. The van der Waals surface area contributed by atoms with E-state index in [1.807, 2.05) is 6.07 Å². The highest BCUT2D eigenvalue weighted by Gasteiger charge is 2.21. The van der Waals surface area contributed by atoms with Crippen LogP contribution >= 0.6 is 15.9 Å². The van der Waals surface area contributed by atoms with Crippen LogP contribution in [-0.2, 0) is 9.53 Å². The first kappa shape index (κ1) is 18.5. The average molecular weight is 403 g/mol. The van der Waals surface area contributed by atoms with Crippen LogP contribution in [0, 0.1) is 11.3 Å². The molecule has 0 spiro atoms. The van der Waals surface area contributed by atoms with E-state index in [0.717, 1.165) is 0 Å². The van der Waals surface area contributed by atoms with Crippen LogP contribution in [0.3, 0.4) is 0 Å². The molecule has 0 heterocycles. The van der Waals surface area contributed by atoms with Crippen LogP contribution in [0.1, 0.15) is 22.8 Å². The molecule has 25 heavy (non-hydrogen) atoms. The maximum atomic E-state index is 12.3. The summed E-state index contributed by atoms with van der Waals surface area (Å²) in [6.45, 7) is 1.47. The number of nitrogens with zero attached hydrogens (tertiary/aromatic N) is 1. The second-order valence-corrected chi connectivity index (χ2v) is 5.93. The number of nitriles is 1. The van der Waals surface area contributed by atoms with E-state index in [9.17, 15) is 9.59 Å². The van der Waals surface area contributed by atoms with Crippen molar-refractivity contribution in [2.75, 3.05) is 12.4 Å². The van der Waals surface area contributed by atoms with Crippen molar-refractivity contribution in [2.45, 2.75) is 13.0 Å². The van der Waals surface area contributed by atoms with Crippen molar-refractivity contribution in [1.82, 2.24) is 0 Å². The van der Waals surface area contributed by atoms with Crippen LogP contribution in [0.2, 0.25) is 0 Å². The summed E-state index contributed by atoms with van der Waals surface area (Å²) in [7, 11) is 1.49. The highest BCUT2D eigenvalue weighted by atomic mass is 79.9. The highest BCUT2D eigenvalue weighted by molar-refractivity contribution is 9.10. The Hall–Kier alpha value is -2.85. The number of carbonyl (C=O) groups excluding carboxylic acids is 2. The summed E-state index contributed by atoms with van der Waals surface area (Å²) in [5.74, 6) is -0.651. The molecule has 2 rings (SSSR count). The highest BCUT2D eigenvalue weighted by Crippen LogP contribution is 2.23. The van der Waals surface area contributed by atoms with E-state index < -0.39 is 18.0 Å². The Morgan fingerprint density at radius 2 is 2.00 bits per heavy atom. The number of carbonyl (C=O) groups is 2. The third-order valence-electron chi connectivity index (χ3n) is 3.31. The Kier molecular flexibility index (Phi) is 6.14.